The average molecular weight is 1000 g/mol. The van der Waals surface area contributed by atoms with Crippen LogP contribution in [0.15, 0.2) is 121 Å². The number of hydrogen-bond donors (Lipinski definition) is 3. The monoisotopic (exact) mass is 1000 g/mol. The van der Waals surface area contributed by atoms with E-state index in [0.29, 0.717) is 59.3 Å². The summed E-state index contributed by atoms with van der Waals surface area (Å²) in [4.78, 5) is 24.4. The van der Waals surface area contributed by atoms with Gasteiger partial charge in [-0.15, -0.1) is 0 Å². The third-order valence-corrected chi connectivity index (χ3v) is 12.4. The van der Waals surface area contributed by atoms with Crippen LogP contribution in [-0.2, 0) is 35.8 Å². The number of amides is 2. The topological polar surface area (TPSA) is 149 Å². The Labute approximate surface area is 433 Å². The van der Waals surface area contributed by atoms with Crippen molar-refractivity contribution in [2.75, 3.05) is 52.7 Å². The van der Waals surface area contributed by atoms with Crippen molar-refractivity contribution in [2.45, 2.75) is 129 Å². The Hall–Kier alpha value is -6.60. The van der Waals surface area contributed by atoms with Gasteiger partial charge in [-0.1, -0.05) is 74.2 Å². The zero-order valence-electron chi connectivity index (χ0n) is 43.0. The predicted octanol–water partition coefficient (Wildman–Crippen LogP) is 12.0. The summed E-state index contributed by atoms with van der Waals surface area (Å²) in [6.45, 7) is 7.34. The summed E-state index contributed by atoms with van der Waals surface area (Å²) in [6, 6.07) is 39.9. The maximum absolute atomic E-state index is 12.3. The number of hydrogen-bond acceptors (Lipinski definition) is 10. The van der Waals surface area contributed by atoms with Crippen molar-refractivity contribution in [3.05, 3.63) is 144 Å². The molecule has 73 heavy (non-hydrogen) atoms. The number of ether oxygens (including phenoxy) is 8. The Balaban J connectivity index is 0.870. The van der Waals surface area contributed by atoms with Crippen molar-refractivity contribution in [3.8, 4) is 34.5 Å². The highest BCUT2D eigenvalue weighted by Gasteiger charge is 2.07. The maximum Gasteiger partial charge on any atom is 0.407 e. The van der Waals surface area contributed by atoms with Gasteiger partial charge in [-0.25, -0.2) is 9.59 Å². The molecule has 0 atom stereocenters. The Morgan fingerprint density at radius 3 is 1.12 bits per heavy atom. The van der Waals surface area contributed by atoms with Crippen LogP contribution in [0, 0.1) is 0 Å². The van der Waals surface area contributed by atoms with Gasteiger partial charge in [0.15, 0.2) is 0 Å². The number of carbonyl (C=O) groups is 2. The molecule has 4 N–H and O–H groups in total. The molecule has 10 bridgehead atoms. The van der Waals surface area contributed by atoms with Gasteiger partial charge in [0, 0.05) is 30.8 Å². The standard InChI is InChI=1S/C60H79N3O10/c64-59-62-36-10-2-5-13-40-68-55-19-17-21-57(43-55)71-46-50-23-25-51(26-24-50)47-72-58-22-18-20-56(44-58)69-41-14-6-3-11-37-63-60(65)73-48-52-29-33-54(34-30-52)67-38-12-4-1-9-35-61-45-49-27-31-53(32-28-49)66-39-15-7-8-16-42-70-59/h17-34,43-44,61H,1-16,35-42,45-48H2,(H,62,64)(H,63,65)/p+1. The fraction of sp³-hybridized carbons (Fsp3) is 0.467. The van der Waals surface area contributed by atoms with Crippen molar-refractivity contribution in [2.24, 2.45) is 0 Å². The van der Waals surface area contributed by atoms with Crippen molar-refractivity contribution in [3.63, 3.8) is 0 Å². The van der Waals surface area contributed by atoms with Crippen LogP contribution in [0.1, 0.15) is 125 Å². The van der Waals surface area contributed by atoms with Gasteiger partial charge in [0.05, 0.1) is 39.6 Å². The number of rotatable bonds is 0. The molecular formula is C60H80N3O10+. The fourth-order valence-electron chi connectivity index (χ4n) is 8.06. The van der Waals surface area contributed by atoms with E-state index < -0.39 is 6.09 Å². The Morgan fingerprint density at radius 2 is 0.658 bits per heavy atom. The van der Waals surface area contributed by atoms with E-state index in [0.717, 1.165) is 154 Å². The number of benzene rings is 5. The molecule has 13 nitrogen and oxygen atoms in total. The average Bonchev–Trinajstić information content (AvgIpc) is 3.41. The Bertz CT molecular complexity index is 2260. The second-order valence-electron chi connectivity index (χ2n) is 18.5. The highest BCUT2D eigenvalue weighted by Crippen LogP contribution is 2.23. The summed E-state index contributed by atoms with van der Waals surface area (Å²) in [5, 5.41) is 8.10. The van der Waals surface area contributed by atoms with Gasteiger partial charge in [-0.05, 0) is 154 Å². The first-order valence-electron chi connectivity index (χ1n) is 26.9. The normalized spacial score (nSPS) is 17.4. The third-order valence-electron chi connectivity index (χ3n) is 12.4. The van der Waals surface area contributed by atoms with Crippen LogP contribution in [0.4, 0.5) is 9.59 Å². The lowest BCUT2D eigenvalue weighted by Crippen LogP contribution is -2.82. The van der Waals surface area contributed by atoms with Crippen LogP contribution in [0.5, 0.6) is 34.5 Å². The molecule has 5 aromatic carbocycles. The summed E-state index contributed by atoms with van der Waals surface area (Å²) in [7, 11) is 0. The second kappa shape index (κ2) is 34.7. The molecule has 0 saturated heterocycles. The van der Waals surface area contributed by atoms with Gasteiger partial charge in [-0.3, -0.25) is 0 Å². The zero-order chi connectivity index (χ0) is 50.6. The summed E-state index contributed by atoms with van der Waals surface area (Å²) in [5.41, 5.74) is 4.33. The van der Waals surface area contributed by atoms with E-state index in [9.17, 15) is 9.59 Å². The van der Waals surface area contributed by atoms with Crippen molar-refractivity contribution < 1.29 is 52.8 Å². The molecule has 0 spiro atoms. The van der Waals surface area contributed by atoms with Gasteiger partial charge >= 0.3 is 12.2 Å². The number of fused-ring (bicyclic) bond motifs is 3. The summed E-state index contributed by atoms with van der Waals surface area (Å²) < 4.78 is 46.9. The molecule has 4 aliphatic rings. The van der Waals surface area contributed by atoms with E-state index >= 15 is 0 Å². The van der Waals surface area contributed by atoms with Crippen molar-refractivity contribution in [1.82, 2.24) is 10.6 Å². The number of nitrogens with one attached hydrogen (secondary N) is 2. The van der Waals surface area contributed by atoms with Crippen LogP contribution in [0.3, 0.4) is 0 Å². The minimum atomic E-state index is -0.407. The number of quaternary nitrogens is 1. The Morgan fingerprint density at radius 1 is 0.315 bits per heavy atom. The highest BCUT2D eigenvalue weighted by atomic mass is 16.6. The molecule has 0 saturated carbocycles. The quantitative estimate of drug-likeness (QED) is 0.137. The summed E-state index contributed by atoms with van der Waals surface area (Å²) >= 11 is 0. The number of nitrogens with two attached hydrogens (primary N) is 1. The van der Waals surface area contributed by atoms with Gasteiger partial charge < -0.3 is 53.8 Å². The highest BCUT2D eigenvalue weighted by molar-refractivity contribution is 5.67. The lowest BCUT2D eigenvalue weighted by molar-refractivity contribution is -0.671. The second-order valence-corrected chi connectivity index (χ2v) is 18.5. The molecule has 4 aliphatic heterocycles. The van der Waals surface area contributed by atoms with Crippen LogP contribution in [0.2, 0.25) is 0 Å². The minimum Gasteiger partial charge on any atom is -0.494 e. The maximum atomic E-state index is 12.3. The molecule has 9 rings (SSSR count). The van der Waals surface area contributed by atoms with E-state index in [1.54, 1.807) is 0 Å². The first kappa shape index (κ1) is 55.7. The molecule has 2 amide bonds. The third kappa shape index (κ3) is 24.6. The molecular weight excluding hydrogens is 923 g/mol. The van der Waals surface area contributed by atoms with Crippen LogP contribution in [-0.4, -0.2) is 64.9 Å². The number of carbonyl (C=O) groups excluding carboxylic acids is 2. The lowest BCUT2D eigenvalue weighted by atomic mass is 10.1. The first-order valence-corrected chi connectivity index (χ1v) is 26.9. The predicted molar refractivity (Wildman–Crippen MR) is 285 cm³/mol. The number of alkyl carbamates (subject to hydrolysis) is 2. The van der Waals surface area contributed by atoms with Crippen molar-refractivity contribution >= 4 is 12.2 Å². The molecule has 4 heterocycles. The molecule has 0 unspecified atom stereocenters. The molecule has 0 aromatic heterocycles. The van der Waals surface area contributed by atoms with Gasteiger partial charge in [-0.2, -0.15) is 0 Å². The lowest BCUT2D eigenvalue weighted by Gasteiger charge is -2.11. The van der Waals surface area contributed by atoms with Crippen LogP contribution < -0.4 is 44.4 Å². The smallest absolute Gasteiger partial charge is 0.407 e. The Kier molecular flexibility index (Phi) is 26.5. The van der Waals surface area contributed by atoms with E-state index in [2.05, 4.69) is 64.5 Å². The summed E-state index contributed by atoms with van der Waals surface area (Å²) in [5.74, 6) is 4.79. The van der Waals surface area contributed by atoms with Crippen molar-refractivity contribution in [1.29, 1.82) is 0 Å². The van der Waals surface area contributed by atoms with E-state index in [-0.39, 0.29) is 12.7 Å². The minimum absolute atomic E-state index is 0.213. The molecule has 0 fully saturated rings. The zero-order valence-corrected chi connectivity index (χ0v) is 43.0. The fourth-order valence-corrected chi connectivity index (χ4v) is 8.06. The summed E-state index contributed by atoms with van der Waals surface area (Å²) in [6.07, 6.45) is 15.2. The first-order chi connectivity index (χ1) is 36.0. The van der Waals surface area contributed by atoms with Gasteiger partial charge in [0.1, 0.15) is 60.9 Å². The van der Waals surface area contributed by atoms with Gasteiger partial charge in [0.2, 0.25) is 0 Å². The van der Waals surface area contributed by atoms with Crippen LogP contribution in [0.25, 0.3) is 0 Å². The van der Waals surface area contributed by atoms with E-state index in [1.807, 2.05) is 72.8 Å². The van der Waals surface area contributed by atoms with Gasteiger partial charge in [0.25, 0.3) is 0 Å². The molecule has 13 heteroatoms. The SMILES string of the molecule is O=C1NCCCCCCOc2cccc(c2)OCc2ccc(cc2)COc2cccc(c2)OCCCCCCNC(=O)OCc2ccc(cc2)OCCCCCC[NH2+]Cc2ccc(cc2)OCCCCCCO1. The molecule has 0 radical (unpaired) electrons. The molecule has 0 aliphatic carbocycles. The van der Waals surface area contributed by atoms with Crippen LogP contribution >= 0.6 is 0 Å². The van der Waals surface area contributed by atoms with E-state index in [1.165, 1.54) is 18.4 Å². The van der Waals surface area contributed by atoms with E-state index in [4.69, 9.17) is 37.9 Å². The molecule has 394 valence electrons. The largest absolute Gasteiger partial charge is 0.494 e. The molecule has 5 aromatic rings.